The lowest BCUT2D eigenvalue weighted by atomic mass is 9.72. The summed E-state index contributed by atoms with van der Waals surface area (Å²) in [6.45, 7) is 11.1. The second-order valence-corrected chi connectivity index (χ2v) is 8.82. The minimum absolute atomic E-state index is 0.0300. The second kappa shape index (κ2) is 8.70. The third-order valence-corrected chi connectivity index (χ3v) is 5.05. The van der Waals surface area contributed by atoms with Crippen LogP contribution in [0.5, 0.6) is 0 Å². The molecule has 2 rings (SSSR count). The van der Waals surface area contributed by atoms with Gasteiger partial charge in [-0.15, -0.1) is 0 Å². The number of carbonyl (C=O) groups is 2. The van der Waals surface area contributed by atoms with Crippen LogP contribution in [-0.2, 0) is 9.47 Å². The molecule has 1 aromatic rings. The molecule has 4 nitrogen and oxygen atoms in total. The zero-order valence-electron chi connectivity index (χ0n) is 16.7. The fourth-order valence-corrected chi connectivity index (χ4v) is 3.36. The van der Waals surface area contributed by atoms with Crippen LogP contribution < -0.4 is 0 Å². The standard InChI is InChI=1S/C22H32O4/c1-15(2)14-25-20(23)16-7-6-8-17(13-16)21(24)26-19-11-9-18(10-12-19)22(3,4)5/h6-8,13,15,18-19H,9-12,14H2,1-5H3. The van der Waals surface area contributed by atoms with Crippen LogP contribution in [0.3, 0.4) is 0 Å². The average Bonchev–Trinajstić information content (AvgIpc) is 2.59. The number of esters is 2. The first kappa shape index (κ1) is 20.5. The molecule has 144 valence electrons. The molecular formula is C22H32O4. The molecule has 0 aromatic heterocycles. The Morgan fingerprint density at radius 3 is 2.15 bits per heavy atom. The van der Waals surface area contributed by atoms with E-state index in [-0.39, 0.29) is 18.0 Å². The molecule has 4 heteroatoms. The number of carbonyl (C=O) groups excluding carboxylic acids is 2. The van der Waals surface area contributed by atoms with Gasteiger partial charge in [0.25, 0.3) is 0 Å². The molecule has 0 amide bonds. The molecule has 0 heterocycles. The van der Waals surface area contributed by atoms with Crippen molar-refractivity contribution in [3.8, 4) is 0 Å². The van der Waals surface area contributed by atoms with Crippen LogP contribution in [-0.4, -0.2) is 24.6 Å². The average molecular weight is 360 g/mol. The summed E-state index contributed by atoms with van der Waals surface area (Å²) in [4.78, 5) is 24.5. The minimum Gasteiger partial charge on any atom is -0.462 e. The van der Waals surface area contributed by atoms with E-state index < -0.39 is 5.97 Å². The molecule has 0 spiro atoms. The second-order valence-electron chi connectivity index (χ2n) is 8.82. The van der Waals surface area contributed by atoms with Gasteiger partial charge in [-0.2, -0.15) is 0 Å². The molecular weight excluding hydrogens is 328 g/mol. The predicted molar refractivity (Wildman–Crippen MR) is 102 cm³/mol. The van der Waals surface area contributed by atoms with Crippen LogP contribution >= 0.6 is 0 Å². The molecule has 1 saturated carbocycles. The van der Waals surface area contributed by atoms with E-state index in [9.17, 15) is 9.59 Å². The van der Waals surface area contributed by atoms with Crippen molar-refractivity contribution < 1.29 is 19.1 Å². The topological polar surface area (TPSA) is 52.6 Å². The SMILES string of the molecule is CC(C)COC(=O)c1cccc(C(=O)OC2CCC(C(C)(C)C)CC2)c1. The van der Waals surface area contributed by atoms with Gasteiger partial charge in [-0.05, 0) is 61.1 Å². The Hall–Kier alpha value is -1.84. The van der Waals surface area contributed by atoms with Crippen LogP contribution in [0.25, 0.3) is 0 Å². The molecule has 0 unspecified atom stereocenters. The molecule has 1 aliphatic rings. The van der Waals surface area contributed by atoms with Gasteiger partial charge < -0.3 is 9.47 Å². The highest BCUT2D eigenvalue weighted by Crippen LogP contribution is 2.38. The van der Waals surface area contributed by atoms with Crippen molar-refractivity contribution in [1.29, 1.82) is 0 Å². The first-order valence-corrected chi connectivity index (χ1v) is 9.65. The summed E-state index contributed by atoms with van der Waals surface area (Å²) >= 11 is 0. The number of benzene rings is 1. The van der Waals surface area contributed by atoms with Crippen molar-refractivity contribution in [2.75, 3.05) is 6.61 Å². The highest BCUT2D eigenvalue weighted by atomic mass is 16.5. The van der Waals surface area contributed by atoms with Gasteiger partial charge in [-0.25, -0.2) is 9.59 Å². The maximum absolute atomic E-state index is 12.5. The van der Waals surface area contributed by atoms with E-state index >= 15 is 0 Å². The van der Waals surface area contributed by atoms with Crippen LogP contribution in [0.15, 0.2) is 24.3 Å². The van der Waals surface area contributed by atoms with E-state index in [1.165, 1.54) is 0 Å². The summed E-state index contributed by atoms with van der Waals surface area (Å²) in [6, 6.07) is 6.60. The van der Waals surface area contributed by atoms with E-state index in [0.29, 0.717) is 29.1 Å². The highest BCUT2D eigenvalue weighted by molar-refractivity contribution is 5.95. The molecule has 0 aliphatic heterocycles. The smallest absolute Gasteiger partial charge is 0.338 e. The van der Waals surface area contributed by atoms with Crippen LogP contribution in [0.1, 0.15) is 81.0 Å². The van der Waals surface area contributed by atoms with Gasteiger partial charge in [-0.3, -0.25) is 0 Å². The summed E-state index contributed by atoms with van der Waals surface area (Å²) in [5.41, 5.74) is 1.10. The molecule has 1 aliphatic carbocycles. The van der Waals surface area contributed by atoms with Crippen molar-refractivity contribution >= 4 is 11.9 Å². The Morgan fingerprint density at radius 2 is 1.62 bits per heavy atom. The molecule has 0 atom stereocenters. The van der Waals surface area contributed by atoms with E-state index in [2.05, 4.69) is 20.8 Å². The Bertz CT molecular complexity index is 619. The predicted octanol–water partition coefficient (Wildman–Crippen LogP) is 5.26. The minimum atomic E-state index is -0.404. The maximum Gasteiger partial charge on any atom is 0.338 e. The summed E-state index contributed by atoms with van der Waals surface area (Å²) < 4.78 is 10.9. The maximum atomic E-state index is 12.5. The van der Waals surface area contributed by atoms with Gasteiger partial charge in [0.2, 0.25) is 0 Å². The van der Waals surface area contributed by atoms with Gasteiger partial charge >= 0.3 is 11.9 Å². The van der Waals surface area contributed by atoms with Crippen LogP contribution in [0.2, 0.25) is 0 Å². The largest absolute Gasteiger partial charge is 0.462 e. The summed E-state index contributed by atoms with van der Waals surface area (Å²) in [5.74, 6) is 0.189. The summed E-state index contributed by atoms with van der Waals surface area (Å²) in [7, 11) is 0. The lowest BCUT2D eigenvalue weighted by molar-refractivity contribution is 0.00929. The van der Waals surface area contributed by atoms with Crippen LogP contribution in [0.4, 0.5) is 0 Å². The van der Waals surface area contributed by atoms with Crippen molar-refractivity contribution in [3.05, 3.63) is 35.4 Å². The number of rotatable bonds is 5. The first-order valence-electron chi connectivity index (χ1n) is 9.65. The lowest BCUT2D eigenvalue weighted by Crippen LogP contribution is -2.30. The number of ether oxygens (including phenoxy) is 2. The third-order valence-electron chi connectivity index (χ3n) is 5.05. The molecule has 0 saturated heterocycles. The van der Waals surface area contributed by atoms with E-state index in [1.54, 1.807) is 24.3 Å². The molecule has 0 bridgehead atoms. The molecule has 0 radical (unpaired) electrons. The Morgan fingerprint density at radius 1 is 1.04 bits per heavy atom. The first-order chi connectivity index (χ1) is 12.2. The monoisotopic (exact) mass is 360 g/mol. The van der Waals surface area contributed by atoms with Gasteiger partial charge in [0.05, 0.1) is 17.7 Å². The van der Waals surface area contributed by atoms with Crippen molar-refractivity contribution in [2.24, 2.45) is 17.3 Å². The fourth-order valence-electron chi connectivity index (χ4n) is 3.36. The summed E-state index contributed by atoms with van der Waals surface area (Å²) in [6.07, 6.45) is 3.96. The van der Waals surface area contributed by atoms with Crippen LogP contribution in [0, 0.1) is 17.3 Å². The summed E-state index contributed by atoms with van der Waals surface area (Å²) in [5, 5.41) is 0. The molecule has 0 N–H and O–H groups in total. The van der Waals surface area contributed by atoms with Crippen molar-refractivity contribution in [1.82, 2.24) is 0 Å². The Labute approximate surface area is 157 Å². The quantitative estimate of drug-likeness (QED) is 0.672. The fraction of sp³-hybridized carbons (Fsp3) is 0.636. The Kier molecular flexibility index (Phi) is 6.85. The Balaban J connectivity index is 1.92. The molecule has 26 heavy (non-hydrogen) atoms. The van der Waals surface area contributed by atoms with Gasteiger partial charge in [0.1, 0.15) is 6.10 Å². The lowest BCUT2D eigenvalue weighted by Gasteiger charge is -2.36. The number of hydrogen-bond acceptors (Lipinski definition) is 4. The van der Waals surface area contributed by atoms with Gasteiger partial charge in [-0.1, -0.05) is 40.7 Å². The van der Waals surface area contributed by atoms with Gasteiger partial charge in [0, 0.05) is 0 Å². The van der Waals surface area contributed by atoms with E-state index in [1.807, 2.05) is 13.8 Å². The van der Waals surface area contributed by atoms with Crippen molar-refractivity contribution in [3.63, 3.8) is 0 Å². The van der Waals surface area contributed by atoms with Crippen molar-refractivity contribution in [2.45, 2.75) is 66.4 Å². The molecule has 1 aromatic carbocycles. The highest BCUT2D eigenvalue weighted by Gasteiger charge is 2.31. The van der Waals surface area contributed by atoms with Gasteiger partial charge in [0.15, 0.2) is 0 Å². The van der Waals surface area contributed by atoms with E-state index in [0.717, 1.165) is 25.7 Å². The number of hydrogen-bond donors (Lipinski definition) is 0. The third kappa shape index (κ3) is 5.86. The zero-order chi connectivity index (χ0) is 19.3. The normalized spacial score (nSPS) is 20.7. The molecule has 1 fully saturated rings. The zero-order valence-corrected chi connectivity index (χ0v) is 16.7. The van der Waals surface area contributed by atoms with E-state index in [4.69, 9.17) is 9.47 Å².